The van der Waals surface area contributed by atoms with Crippen LogP contribution in [-0.4, -0.2) is 5.78 Å². The molecule has 0 saturated heterocycles. The first-order chi connectivity index (χ1) is 13.7. The Morgan fingerprint density at radius 3 is 2.54 bits per heavy atom. The number of carbonyl (C=O) groups is 1. The van der Waals surface area contributed by atoms with Crippen LogP contribution in [0.4, 0.5) is 11.4 Å². The predicted molar refractivity (Wildman–Crippen MR) is 116 cm³/mol. The molecule has 28 heavy (non-hydrogen) atoms. The molecule has 5 heteroatoms. The molecule has 5 rings (SSSR count). The SMILES string of the molecule is O=C1C[C@H](c2ccccc2Cl)CC2=C1[C@H](c1ccsc1)Nc1ccccc1N2. The third-order valence-electron chi connectivity index (χ3n) is 5.53. The van der Waals surface area contributed by atoms with E-state index in [2.05, 4.69) is 33.5 Å². The normalized spacial score (nSPS) is 21.2. The molecule has 2 N–H and O–H groups in total. The van der Waals surface area contributed by atoms with Gasteiger partial charge in [-0.2, -0.15) is 11.3 Å². The van der Waals surface area contributed by atoms with Crippen molar-refractivity contribution in [1.82, 2.24) is 0 Å². The number of ketones is 1. The topological polar surface area (TPSA) is 41.1 Å². The molecule has 0 amide bonds. The number of anilines is 2. The molecule has 0 bridgehead atoms. The van der Waals surface area contributed by atoms with Gasteiger partial charge in [-0.05, 0) is 58.5 Å². The average Bonchev–Trinajstić information content (AvgIpc) is 3.17. The first kappa shape index (κ1) is 17.5. The lowest BCUT2D eigenvalue weighted by atomic mass is 9.79. The van der Waals surface area contributed by atoms with E-state index in [0.29, 0.717) is 6.42 Å². The Hall–Kier alpha value is -2.56. The van der Waals surface area contributed by atoms with Crippen molar-refractivity contribution in [3.63, 3.8) is 0 Å². The lowest BCUT2D eigenvalue weighted by Gasteiger charge is -2.29. The van der Waals surface area contributed by atoms with Crippen LogP contribution in [0.3, 0.4) is 0 Å². The molecule has 2 atom stereocenters. The molecule has 2 aromatic carbocycles. The Labute approximate surface area is 173 Å². The number of Topliss-reactive ketones (excluding diaryl/α,β-unsaturated/α-hetero) is 1. The number of benzene rings is 2. The summed E-state index contributed by atoms with van der Waals surface area (Å²) < 4.78 is 0. The molecule has 140 valence electrons. The van der Waals surface area contributed by atoms with E-state index < -0.39 is 0 Å². The van der Waals surface area contributed by atoms with Crippen molar-refractivity contribution in [1.29, 1.82) is 0 Å². The number of halogens is 1. The Morgan fingerprint density at radius 2 is 1.75 bits per heavy atom. The number of carbonyl (C=O) groups excluding carboxylic acids is 1. The summed E-state index contributed by atoms with van der Waals surface area (Å²) in [6, 6.07) is 17.9. The molecule has 1 aromatic heterocycles. The van der Waals surface area contributed by atoms with E-state index in [-0.39, 0.29) is 17.7 Å². The van der Waals surface area contributed by atoms with Gasteiger partial charge in [-0.15, -0.1) is 0 Å². The van der Waals surface area contributed by atoms with Gasteiger partial charge in [0.15, 0.2) is 5.78 Å². The number of hydrogen-bond acceptors (Lipinski definition) is 4. The third-order valence-corrected chi connectivity index (χ3v) is 6.58. The maximum atomic E-state index is 13.4. The van der Waals surface area contributed by atoms with E-state index >= 15 is 0 Å². The Balaban J connectivity index is 1.62. The number of thiophene rings is 1. The number of hydrogen-bond donors (Lipinski definition) is 2. The fraction of sp³-hybridized carbons (Fsp3) is 0.174. The fourth-order valence-corrected chi connectivity index (χ4v) is 5.18. The fourth-order valence-electron chi connectivity index (χ4n) is 4.21. The van der Waals surface area contributed by atoms with Gasteiger partial charge in [0.2, 0.25) is 0 Å². The van der Waals surface area contributed by atoms with Gasteiger partial charge < -0.3 is 10.6 Å². The summed E-state index contributed by atoms with van der Waals surface area (Å²) in [4.78, 5) is 13.4. The Morgan fingerprint density at radius 1 is 0.964 bits per heavy atom. The lowest BCUT2D eigenvalue weighted by molar-refractivity contribution is -0.116. The van der Waals surface area contributed by atoms with Gasteiger partial charge in [-0.1, -0.05) is 41.9 Å². The summed E-state index contributed by atoms with van der Waals surface area (Å²) in [6.07, 6.45) is 1.24. The molecule has 3 aromatic rings. The molecular formula is C23H19ClN2OS. The smallest absolute Gasteiger partial charge is 0.163 e. The van der Waals surface area contributed by atoms with E-state index in [4.69, 9.17) is 11.6 Å². The van der Waals surface area contributed by atoms with Crippen molar-refractivity contribution in [3.8, 4) is 0 Å². The van der Waals surface area contributed by atoms with Crippen molar-refractivity contribution < 1.29 is 4.79 Å². The van der Waals surface area contributed by atoms with Crippen molar-refractivity contribution in [2.45, 2.75) is 24.8 Å². The molecule has 0 radical (unpaired) electrons. The van der Waals surface area contributed by atoms with Crippen molar-refractivity contribution in [2.75, 3.05) is 10.6 Å². The second kappa shape index (κ2) is 7.12. The van der Waals surface area contributed by atoms with Gasteiger partial charge >= 0.3 is 0 Å². The van der Waals surface area contributed by atoms with E-state index in [0.717, 1.165) is 45.2 Å². The average molecular weight is 407 g/mol. The second-order valence-corrected chi connectivity index (χ2v) is 8.43. The molecular weight excluding hydrogens is 388 g/mol. The molecule has 0 fully saturated rings. The monoisotopic (exact) mass is 406 g/mol. The maximum absolute atomic E-state index is 13.4. The minimum absolute atomic E-state index is 0.0841. The number of nitrogens with one attached hydrogen (secondary N) is 2. The molecule has 2 heterocycles. The van der Waals surface area contributed by atoms with Crippen molar-refractivity contribution in [2.24, 2.45) is 0 Å². The van der Waals surface area contributed by atoms with Crippen molar-refractivity contribution >= 4 is 40.1 Å². The van der Waals surface area contributed by atoms with Crippen LogP contribution in [0.1, 0.15) is 35.9 Å². The van der Waals surface area contributed by atoms with Crippen LogP contribution in [0.25, 0.3) is 0 Å². The predicted octanol–water partition coefficient (Wildman–Crippen LogP) is 6.38. The van der Waals surface area contributed by atoms with Crippen LogP contribution in [0.5, 0.6) is 0 Å². The highest BCUT2D eigenvalue weighted by Crippen LogP contribution is 2.45. The summed E-state index contributed by atoms with van der Waals surface area (Å²) in [7, 11) is 0. The van der Waals surface area contributed by atoms with Gasteiger partial charge in [-0.3, -0.25) is 4.79 Å². The lowest BCUT2D eigenvalue weighted by Crippen LogP contribution is -2.26. The summed E-state index contributed by atoms with van der Waals surface area (Å²) in [6.45, 7) is 0. The van der Waals surface area contributed by atoms with E-state index in [9.17, 15) is 4.79 Å². The summed E-state index contributed by atoms with van der Waals surface area (Å²) in [5.41, 5.74) is 6.02. The highest BCUT2D eigenvalue weighted by Gasteiger charge is 2.36. The third kappa shape index (κ3) is 3.03. The van der Waals surface area contributed by atoms with Gasteiger partial charge in [0.25, 0.3) is 0 Å². The standard InChI is InChI=1S/C23H19ClN2OS/c24-17-6-2-1-5-16(17)15-11-20-22(21(27)12-15)23(14-9-10-28-13-14)26-19-8-4-3-7-18(19)25-20/h1-10,13,15,23,25-26H,11-12H2/t15-,23+/m1/s1. The van der Waals surface area contributed by atoms with Gasteiger partial charge in [0, 0.05) is 22.7 Å². The highest BCUT2D eigenvalue weighted by atomic mass is 35.5. The summed E-state index contributed by atoms with van der Waals surface area (Å²) in [5.74, 6) is 0.260. The first-order valence-corrected chi connectivity index (χ1v) is 10.7. The largest absolute Gasteiger partial charge is 0.372 e. The van der Waals surface area contributed by atoms with Crippen LogP contribution in [-0.2, 0) is 4.79 Å². The zero-order valence-corrected chi connectivity index (χ0v) is 16.7. The van der Waals surface area contributed by atoms with Crippen molar-refractivity contribution in [3.05, 3.63) is 92.8 Å². The first-order valence-electron chi connectivity index (χ1n) is 9.36. The molecule has 1 aliphatic carbocycles. The quantitative estimate of drug-likeness (QED) is 0.518. The number of rotatable bonds is 2. The minimum atomic E-state index is -0.142. The van der Waals surface area contributed by atoms with E-state index in [1.54, 1.807) is 11.3 Å². The van der Waals surface area contributed by atoms with Crippen LogP contribution in [0, 0.1) is 0 Å². The molecule has 0 unspecified atom stereocenters. The van der Waals surface area contributed by atoms with Crippen LogP contribution >= 0.6 is 22.9 Å². The number of fused-ring (bicyclic) bond motifs is 1. The molecule has 2 aliphatic rings. The molecule has 3 nitrogen and oxygen atoms in total. The molecule has 0 saturated carbocycles. The van der Waals surface area contributed by atoms with Crippen LogP contribution < -0.4 is 10.6 Å². The van der Waals surface area contributed by atoms with Crippen LogP contribution in [0.2, 0.25) is 5.02 Å². The minimum Gasteiger partial charge on any atom is -0.372 e. The zero-order valence-electron chi connectivity index (χ0n) is 15.1. The number of allylic oxidation sites excluding steroid dienone is 1. The summed E-state index contributed by atoms with van der Waals surface area (Å²) >= 11 is 8.09. The molecule has 0 spiro atoms. The van der Waals surface area contributed by atoms with E-state index in [1.165, 1.54) is 0 Å². The highest BCUT2D eigenvalue weighted by molar-refractivity contribution is 7.08. The zero-order chi connectivity index (χ0) is 19.1. The van der Waals surface area contributed by atoms with Gasteiger partial charge in [0.1, 0.15) is 0 Å². The van der Waals surface area contributed by atoms with Gasteiger partial charge in [-0.25, -0.2) is 0 Å². The summed E-state index contributed by atoms with van der Waals surface area (Å²) in [5, 5.41) is 12.1. The second-order valence-electron chi connectivity index (χ2n) is 7.25. The Kier molecular flexibility index (Phi) is 4.46. The van der Waals surface area contributed by atoms with Gasteiger partial charge in [0.05, 0.1) is 17.4 Å². The molecule has 1 aliphatic heterocycles. The van der Waals surface area contributed by atoms with E-state index in [1.807, 2.05) is 42.5 Å². The Bertz CT molecular complexity index is 1070. The number of para-hydroxylation sites is 2. The maximum Gasteiger partial charge on any atom is 0.163 e. The van der Waals surface area contributed by atoms with Crippen LogP contribution in [0.15, 0.2) is 76.6 Å².